The molecule has 3 heterocycles. The Morgan fingerprint density at radius 3 is 2.29 bits per heavy atom. The molecule has 1 unspecified atom stereocenters. The summed E-state index contributed by atoms with van der Waals surface area (Å²) < 4.78 is 27.8. The average molecular weight is 449 g/mol. The summed E-state index contributed by atoms with van der Waals surface area (Å²) in [5.74, 6) is 0.378. The van der Waals surface area contributed by atoms with Crippen LogP contribution < -0.4 is 4.74 Å². The zero-order chi connectivity index (χ0) is 22.5. The van der Waals surface area contributed by atoms with Gasteiger partial charge in [0, 0.05) is 38.3 Å². The number of hydrogen-bond donors (Lipinski definition) is 0. The third kappa shape index (κ3) is 6.00. The van der Waals surface area contributed by atoms with Crippen LogP contribution in [0.15, 0.2) is 35.0 Å². The van der Waals surface area contributed by atoms with Gasteiger partial charge < -0.3 is 23.4 Å². The number of carbonyl (C=O) groups is 3. The van der Waals surface area contributed by atoms with Crippen LogP contribution >= 0.6 is 11.8 Å². The highest BCUT2D eigenvalue weighted by Gasteiger charge is 2.47. The summed E-state index contributed by atoms with van der Waals surface area (Å²) in [5, 5.41) is 0. The van der Waals surface area contributed by atoms with Gasteiger partial charge in [0.25, 0.3) is 0 Å². The minimum atomic E-state index is -1.01. The number of pyridine rings is 1. The van der Waals surface area contributed by atoms with Crippen LogP contribution in [-0.2, 0) is 28.6 Å². The number of ether oxygens (including phenoxy) is 4. The molecule has 0 amide bonds. The normalized spacial score (nSPS) is 23.0. The van der Waals surface area contributed by atoms with Gasteiger partial charge in [-0.05, 0) is 25.1 Å². The van der Waals surface area contributed by atoms with Gasteiger partial charge in [-0.2, -0.15) is 0 Å². The van der Waals surface area contributed by atoms with Crippen LogP contribution in [0.1, 0.15) is 26.5 Å². The van der Waals surface area contributed by atoms with E-state index >= 15 is 0 Å². The highest BCUT2D eigenvalue weighted by atomic mass is 32.2. The third-order valence-corrected chi connectivity index (χ3v) is 5.51. The first-order valence-electron chi connectivity index (χ1n) is 9.54. The number of thioether (sulfide) groups is 1. The van der Waals surface area contributed by atoms with E-state index in [4.69, 9.17) is 23.4 Å². The molecule has 0 spiro atoms. The first kappa shape index (κ1) is 22.7. The van der Waals surface area contributed by atoms with Crippen molar-refractivity contribution in [3.05, 3.63) is 36.4 Å². The molecule has 0 N–H and O–H groups in total. The fourth-order valence-electron chi connectivity index (χ4n) is 3.15. The van der Waals surface area contributed by atoms with Crippen molar-refractivity contribution in [3.63, 3.8) is 0 Å². The Labute approximate surface area is 183 Å². The Morgan fingerprint density at radius 2 is 1.68 bits per heavy atom. The monoisotopic (exact) mass is 449 g/mol. The lowest BCUT2D eigenvalue weighted by molar-refractivity contribution is -0.186. The lowest BCUT2D eigenvalue weighted by Gasteiger charge is -2.39. The fraction of sp³-hybridized carbons (Fsp3) is 0.429. The Balaban J connectivity index is 1.85. The van der Waals surface area contributed by atoms with Crippen molar-refractivity contribution < 1.29 is 37.7 Å². The van der Waals surface area contributed by atoms with Crippen LogP contribution in [0, 0.1) is 6.92 Å². The van der Waals surface area contributed by atoms with Crippen LogP contribution in [0.25, 0.3) is 11.3 Å². The van der Waals surface area contributed by atoms with E-state index in [0.29, 0.717) is 17.1 Å². The Kier molecular flexibility index (Phi) is 7.21. The van der Waals surface area contributed by atoms with E-state index in [2.05, 4.69) is 4.98 Å². The molecule has 0 saturated carbocycles. The van der Waals surface area contributed by atoms with Gasteiger partial charge in [0.1, 0.15) is 17.3 Å². The van der Waals surface area contributed by atoms with Crippen molar-refractivity contribution in [3.8, 4) is 17.1 Å². The molecule has 10 heteroatoms. The maximum Gasteiger partial charge on any atom is 0.303 e. The van der Waals surface area contributed by atoms with Crippen molar-refractivity contribution in [1.29, 1.82) is 0 Å². The molecule has 2 aromatic rings. The summed E-state index contributed by atoms with van der Waals surface area (Å²) >= 11 is 1.28. The predicted octanol–water partition coefficient (Wildman–Crippen LogP) is 2.90. The Bertz CT molecular complexity index is 958. The summed E-state index contributed by atoms with van der Waals surface area (Å²) in [5.41, 5.74) is -0.0137. The van der Waals surface area contributed by atoms with Gasteiger partial charge in [-0.15, -0.1) is 11.8 Å². The van der Waals surface area contributed by atoms with Gasteiger partial charge in [0.2, 0.25) is 0 Å². The summed E-state index contributed by atoms with van der Waals surface area (Å²) in [6.07, 6.45) is 0.357. The van der Waals surface area contributed by atoms with Gasteiger partial charge in [0.15, 0.2) is 23.7 Å². The number of esters is 3. The van der Waals surface area contributed by atoms with Crippen LogP contribution in [0.2, 0.25) is 0 Å². The van der Waals surface area contributed by atoms with Crippen molar-refractivity contribution in [2.24, 2.45) is 0 Å². The molecule has 1 aliphatic rings. The lowest BCUT2D eigenvalue weighted by atomic mass is 10.1. The van der Waals surface area contributed by atoms with Gasteiger partial charge in [-0.25, -0.2) is 0 Å². The lowest BCUT2D eigenvalue weighted by Crippen LogP contribution is -2.55. The largest absolute Gasteiger partial charge is 0.474 e. The zero-order valence-corrected chi connectivity index (χ0v) is 18.3. The molecule has 166 valence electrons. The van der Waals surface area contributed by atoms with Crippen molar-refractivity contribution in [1.82, 2.24) is 4.98 Å². The van der Waals surface area contributed by atoms with Crippen LogP contribution in [0.5, 0.6) is 5.75 Å². The number of carbonyl (C=O) groups excluding carboxylic acids is 3. The summed E-state index contributed by atoms with van der Waals surface area (Å²) in [6.45, 7) is 5.57. The number of rotatable bonds is 6. The second-order valence-electron chi connectivity index (χ2n) is 6.94. The van der Waals surface area contributed by atoms with Crippen LogP contribution in [0.4, 0.5) is 0 Å². The molecule has 3 rings (SSSR count). The number of nitrogens with zero attached hydrogens (tertiary/aromatic N) is 1. The topological polar surface area (TPSA) is 114 Å². The van der Waals surface area contributed by atoms with Crippen molar-refractivity contribution in [2.75, 3.05) is 5.75 Å². The molecule has 1 saturated heterocycles. The minimum Gasteiger partial charge on any atom is -0.474 e. The maximum absolute atomic E-state index is 11.8. The quantitative estimate of drug-likeness (QED) is 0.482. The number of aryl methyl sites for hydroxylation is 1. The molecule has 0 bridgehead atoms. The van der Waals surface area contributed by atoms with Crippen LogP contribution in [-0.4, -0.2) is 52.4 Å². The Hall–Kier alpha value is -3.01. The van der Waals surface area contributed by atoms with Gasteiger partial charge in [0.05, 0.1) is 6.20 Å². The highest BCUT2D eigenvalue weighted by molar-refractivity contribution is 7.99. The summed E-state index contributed by atoms with van der Waals surface area (Å²) in [7, 11) is 0. The van der Waals surface area contributed by atoms with Crippen molar-refractivity contribution >= 4 is 29.7 Å². The smallest absolute Gasteiger partial charge is 0.303 e. The molecule has 0 radical (unpaired) electrons. The summed E-state index contributed by atoms with van der Waals surface area (Å²) in [4.78, 5) is 39.1. The number of hydrogen-bond acceptors (Lipinski definition) is 10. The molecular formula is C21H23NO8S. The maximum atomic E-state index is 11.8. The van der Waals surface area contributed by atoms with Gasteiger partial charge in [-0.1, -0.05) is 0 Å². The number of furan rings is 1. The van der Waals surface area contributed by atoms with E-state index in [1.807, 2.05) is 19.1 Å². The fourth-order valence-corrected chi connectivity index (χ4v) is 4.37. The molecular weight excluding hydrogens is 426 g/mol. The second-order valence-corrected chi connectivity index (χ2v) is 8.07. The molecule has 4 atom stereocenters. The first-order valence-corrected chi connectivity index (χ1v) is 10.6. The van der Waals surface area contributed by atoms with E-state index < -0.39 is 41.7 Å². The van der Waals surface area contributed by atoms with Gasteiger partial charge >= 0.3 is 17.9 Å². The summed E-state index contributed by atoms with van der Waals surface area (Å²) in [6, 6.07) is 5.42. The van der Waals surface area contributed by atoms with E-state index in [1.165, 1.54) is 38.7 Å². The van der Waals surface area contributed by atoms with Crippen LogP contribution in [0.3, 0.4) is 0 Å². The predicted molar refractivity (Wildman–Crippen MR) is 110 cm³/mol. The average Bonchev–Trinajstić information content (AvgIpc) is 3.12. The molecule has 2 aromatic heterocycles. The number of aromatic nitrogens is 1. The zero-order valence-electron chi connectivity index (χ0n) is 17.5. The van der Waals surface area contributed by atoms with E-state index in [0.717, 1.165) is 5.76 Å². The van der Waals surface area contributed by atoms with Crippen molar-refractivity contribution in [2.45, 2.75) is 51.4 Å². The van der Waals surface area contributed by atoms with Gasteiger partial charge in [-0.3, -0.25) is 19.4 Å². The van der Waals surface area contributed by atoms with E-state index in [1.54, 1.807) is 12.3 Å². The standard InChI is InChI=1S/C21H23NO8S/c1-11-5-6-17(26-11)15-7-16(9-22-8-15)30-21-20(29-14(4)25)19(28-13(3)24)18(10-31-21)27-12(2)23/h5-9,18-21H,10H2,1-4H3/t18-,19+,20-,21?/m1/s1. The van der Waals surface area contributed by atoms with E-state index in [-0.39, 0.29) is 5.75 Å². The molecule has 9 nitrogen and oxygen atoms in total. The SMILES string of the molecule is CC(=O)O[C@H]1[C@H](OC(C)=O)CSC(Oc2cncc(-c3ccc(C)o3)c2)[C@@H]1OC(C)=O. The molecule has 1 fully saturated rings. The first-order chi connectivity index (χ1) is 14.7. The second kappa shape index (κ2) is 9.86. The highest BCUT2D eigenvalue weighted by Crippen LogP contribution is 2.35. The molecule has 1 aliphatic heterocycles. The third-order valence-electron chi connectivity index (χ3n) is 4.29. The minimum absolute atomic E-state index is 0.282. The molecule has 0 aromatic carbocycles. The molecule has 31 heavy (non-hydrogen) atoms. The van der Waals surface area contributed by atoms with E-state index in [9.17, 15) is 14.4 Å². The Morgan fingerprint density at radius 1 is 1.00 bits per heavy atom. The molecule has 0 aliphatic carbocycles.